The number of anilines is 1. The summed E-state index contributed by atoms with van der Waals surface area (Å²) in [6.07, 6.45) is 0. The van der Waals surface area contributed by atoms with Crippen molar-refractivity contribution in [2.75, 3.05) is 18.7 Å². The van der Waals surface area contributed by atoms with E-state index < -0.39 is 0 Å². The molecule has 0 radical (unpaired) electrons. The molecule has 0 unspecified atom stereocenters. The third-order valence-electron chi connectivity index (χ3n) is 3.37. The van der Waals surface area contributed by atoms with Gasteiger partial charge in [0.1, 0.15) is 11.4 Å². The maximum Gasteiger partial charge on any atom is 0.154 e. The highest BCUT2D eigenvalue weighted by molar-refractivity contribution is 6.42. The molecule has 0 saturated heterocycles. The molecule has 0 aromatic heterocycles. The van der Waals surface area contributed by atoms with Crippen molar-refractivity contribution in [3.63, 3.8) is 0 Å². The number of hydrogen-bond acceptors (Lipinski definition) is 4. The molecule has 3 aromatic carbocycles. The van der Waals surface area contributed by atoms with Gasteiger partial charge in [0.15, 0.2) is 5.75 Å². The number of rotatable bonds is 6. The summed E-state index contributed by atoms with van der Waals surface area (Å²) in [5.74, 6) is 1.26. The summed E-state index contributed by atoms with van der Waals surface area (Å²) in [5.41, 5.74) is 4.49. The van der Waals surface area contributed by atoms with E-state index >= 15 is 0 Å². The predicted octanol–water partition coefficient (Wildman–Crippen LogP) is 6.77. The van der Waals surface area contributed by atoms with Crippen molar-refractivity contribution in [2.24, 2.45) is 0 Å². The molecule has 0 fully saturated rings. The first-order chi connectivity index (χ1) is 13.5. The molecule has 0 saturated carbocycles. The SMILES string of the molecule is Cc1ccc(Cl)c(Cl)c1.OCCONc1ccc(Cl)cc1Oc1ccccc1. The first kappa shape index (κ1) is 22.3. The molecule has 0 amide bonds. The smallest absolute Gasteiger partial charge is 0.154 e. The highest BCUT2D eigenvalue weighted by Crippen LogP contribution is 2.32. The second-order valence-corrected chi connectivity index (χ2v) is 6.90. The van der Waals surface area contributed by atoms with E-state index in [-0.39, 0.29) is 13.2 Å². The quantitative estimate of drug-likeness (QED) is 0.328. The third kappa shape index (κ3) is 7.58. The highest BCUT2D eigenvalue weighted by atomic mass is 35.5. The van der Waals surface area contributed by atoms with Crippen molar-refractivity contribution in [2.45, 2.75) is 6.92 Å². The molecular formula is C21H20Cl3NO3. The van der Waals surface area contributed by atoms with E-state index in [4.69, 9.17) is 49.5 Å². The number of aliphatic hydroxyl groups is 1. The van der Waals surface area contributed by atoms with Crippen LogP contribution in [-0.4, -0.2) is 18.3 Å². The fourth-order valence-corrected chi connectivity index (χ4v) is 2.57. The Morgan fingerprint density at radius 1 is 0.893 bits per heavy atom. The van der Waals surface area contributed by atoms with Crippen LogP contribution in [0.3, 0.4) is 0 Å². The molecular weight excluding hydrogens is 421 g/mol. The summed E-state index contributed by atoms with van der Waals surface area (Å²) >= 11 is 17.3. The molecule has 0 aliphatic rings. The molecule has 0 spiro atoms. The van der Waals surface area contributed by atoms with Crippen LogP contribution >= 0.6 is 34.8 Å². The molecule has 0 aliphatic heterocycles. The van der Waals surface area contributed by atoms with Crippen LogP contribution in [0.15, 0.2) is 66.7 Å². The number of aliphatic hydroxyl groups excluding tert-OH is 1. The van der Waals surface area contributed by atoms with Gasteiger partial charge in [-0.25, -0.2) is 0 Å². The van der Waals surface area contributed by atoms with Crippen molar-refractivity contribution in [3.05, 3.63) is 87.4 Å². The zero-order valence-corrected chi connectivity index (χ0v) is 17.4. The Balaban J connectivity index is 0.000000261. The van der Waals surface area contributed by atoms with E-state index in [9.17, 15) is 0 Å². The molecule has 2 N–H and O–H groups in total. The molecule has 0 aliphatic carbocycles. The fourth-order valence-electron chi connectivity index (χ4n) is 2.06. The minimum absolute atomic E-state index is 0.0601. The number of ether oxygens (including phenoxy) is 1. The Morgan fingerprint density at radius 3 is 2.29 bits per heavy atom. The summed E-state index contributed by atoms with van der Waals surface area (Å²) in [6, 6.07) is 20.1. The number of nitrogens with one attached hydrogen (secondary N) is 1. The highest BCUT2D eigenvalue weighted by Gasteiger charge is 2.06. The van der Waals surface area contributed by atoms with Crippen LogP contribution in [-0.2, 0) is 4.84 Å². The minimum Gasteiger partial charge on any atom is -0.455 e. The van der Waals surface area contributed by atoms with E-state index in [0.29, 0.717) is 32.3 Å². The number of para-hydroxylation sites is 1. The van der Waals surface area contributed by atoms with E-state index in [1.54, 1.807) is 24.3 Å². The molecule has 3 rings (SSSR count). The lowest BCUT2D eigenvalue weighted by Crippen LogP contribution is -2.06. The zero-order chi connectivity index (χ0) is 20.4. The van der Waals surface area contributed by atoms with Gasteiger partial charge in [-0.1, -0.05) is 59.1 Å². The summed E-state index contributed by atoms with van der Waals surface area (Å²) < 4.78 is 5.73. The normalized spacial score (nSPS) is 10.0. The maximum atomic E-state index is 8.68. The van der Waals surface area contributed by atoms with Crippen molar-refractivity contribution in [1.82, 2.24) is 0 Å². The molecule has 4 nitrogen and oxygen atoms in total. The lowest BCUT2D eigenvalue weighted by atomic mass is 10.2. The molecule has 0 atom stereocenters. The number of halogens is 3. The van der Waals surface area contributed by atoms with Crippen LogP contribution in [0, 0.1) is 6.92 Å². The van der Waals surface area contributed by atoms with Gasteiger partial charge in [-0.2, -0.15) is 0 Å². The van der Waals surface area contributed by atoms with Crippen LogP contribution < -0.4 is 10.2 Å². The number of aryl methyl sites for hydroxylation is 1. The van der Waals surface area contributed by atoms with Crippen molar-refractivity contribution >= 4 is 40.5 Å². The van der Waals surface area contributed by atoms with Gasteiger partial charge in [-0.15, -0.1) is 0 Å². The van der Waals surface area contributed by atoms with Crippen LogP contribution in [0.1, 0.15) is 5.56 Å². The van der Waals surface area contributed by atoms with Gasteiger partial charge in [-0.05, 0) is 48.9 Å². The summed E-state index contributed by atoms with van der Waals surface area (Å²) in [4.78, 5) is 5.06. The van der Waals surface area contributed by atoms with Gasteiger partial charge in [-0.3, -0.25) is 10.3 Å². The molecule has 3 aromatic rings. The third-order valence-corrected chi connectivity index (χ3v) is 4.34. The molecule has 0 heterocycles. The van der Waals surface area contributed by atoms with E-state index in [0.717, 1.165) is 5.56 Å². The Hall–Kier alpha value is -1.95. The Kier molecular flexibility index (Phi) is 9.41. The van der Waals surface area contributed by atoms with Crippen LogP contribution in [0.2, 0.25) is 15.1 Å². The predicted molar refractivity (Wildman–Crippen MR) is 116 cm³/mol. The maximum absolute atomic E-state index is 8.68. The van der Waals surface area contributed by atoms with E-state index in [2.05, 4.69) is 5.48 Å². The average molecular weight is 441 g/mol. The van der Waals surface area contributed by atoms with Crippen molar-refractivity contribution in [3.8, 4) is 11.5 Å². The number of benzene rings is 3. The second-order valence-electron chi connectivity index (χ2n) is 5.65. The lowest BCUT2D eigenvalue weighted by molar-refractivity contribution is 0.132. The van der Waals surface area contributed by atoms with Crippen LogP contribution in [0.4, 0.5) is 5.69 Å². The second kappa shape index (κ2) is 11.8. The van der Waals surface area contributed by atoms with Gasteiger partial charge in [0, 0.05) is 11.1 Å². The van der Waals surface area contributed by atoms with Crippen LogP contribution in [0.5, 0.6) is 11.5 Å². The Bertz CT molecular complexity index is 876. The van der Waals surface area contributed by atoms with E-state index in [1.165, 1.54) is 0 Å². The van der Waals surface area contributed by atoms with Gasteiger partial charge in [0.2, 0.25) is 0 Å². The van der Waals surface area contributed by atoms with Crippen molar-refractivity contribution < 1.29 is 14.7 Å². The summed E-state index contributed by atoms with van der Waals surface area (Å²) in [5, 5.41) is 10.5. The first-order valence-electron chi connectivity index (χ1n) is 8.42. The molecule has 7 heteroatoms. The monoisotopic (exact) mass is 439 g/mol. The van der Waals surface area contributed by atoms with E-state index in [1.807, 2.05) is 49.4 Å². The summed E-state index contributed by atoms with van der Waals surface area (Å²) in [6.45, 7) is 2.10. The van der Waals surface area contributed by atoms with Crippen LogP contribution in [0.25, 0.3) is 0 Å². The lowest BCUT2D eigenvalue weighted by Gasteiger charge is -2.13. The zero-order valence-electron chi connectivity index (χ0n) is 15.2. The van der Waals surface area contributed by atoms with Crippen molar-refractivity contribution in [1.29, 1.82) is 0 Å². The first-order valence-corrected chi connectivity index (χ1v) is 9.55. The fraction of sp³-hybridized carbons (Fsp3) is 0.143. The standard InChI is InChI=1S/C14H14ClNO3.C7H6Cl2/c15-11-6-7-13(16-18-9-8-17)14(10-11)19-12-4-2-1-3-5-12;1-5-2-3-6(8)7(9)4-5/h1-7,10,16-17H,8-9H2;2-4H,1H3. The Morgan fingerprint density at radius 2 is 1.64 bits per heavy atom. The molecule has 0 bridgehead atoms. The topological polar surface area (TPSA) is 50.7 Å². The average Bonchev–Trinajstić information content (AvgIpc) is 2.68. The van der Waals surface area contributed by atoms with Gasteiger partial charge in [0.05, 0.1) is 23.3 Å². The van der Waals surface area contributed by atoms with Gasteiger partial charge >= 0.3 is 0 Å². The Labute approximate surface area is 179 Å². The van der Waals surface area contributed by atoms with Gasteiger partial charge < -0.3 is 9.84 Å². The minimum atomic E-state index is -0.0601. The molecule has 28 heavy (non-hydrogen) atoms. The largest absolute Gasteiger partial charge is 0.455 e. The summed E-state index contributed by atoms with van der Waals surface area (Å²) in [7, 11) is 0. The van der Waals surface area contributed by atoms with Gasteiger partial charge in [0.25, 0.3) is 0 Å². The number of hydrogen-bond donors (Lipinski definition) is 2. The molecule has 148 valence electrons.